The number of aromatic nitrogens is 2. The van der Waals surface area contributed by atoms with Crippen LogP contribution in [0.1, 0.15) is 24.5 Å². The molecule has 1 heterocycles. The third-order valence-corrected chi connectivity index (χ3v) is 4.43. The van der Waals surface area contributed by atoms with Crippen LogP contribution >= 0.6 is 23.3 Å². The quantitative estimate of drug-likeness (QED) is 0.821. The Balaban J connectivity index is 2.01. The van der Waals surface area contributed by atoms with Crippen LogP contribution in [-0.2, 0) is 6.54 Å². The number of aryl methyl sites for hydroxylation is 1. The van der Waals surface area contributed by atoms with Gasteiger partial charge in [-0.1, -0.05) is 30.8 Å². The average molecular weight is 279 g/mol. The topological polar surface area (TPSA) is 37.8 Å². The van der Waals surface area contributed by atoms with E-state index in [1.54, 1.807) is 18.1 Å². The van der Waals surface area contributed by atoms with Crippen molar-refractivity contribution in [2.45, 2.75) is 36.0 Å². The van der Waals surface area contributed by atoms with Crippen LogP contribution < -0.4 is 5.32 Å². The summed E-state index contributed by atoms with van der Waals surface area (Å²) in [6.45, 7) is 6.34. The van der Waals surface area contributed by atoms with E-state index in [-0.39, 0.29) is 0 Å². The van der Waals surface area contributed by atoms with E-state index in [0.717, 1.165) is 17.4 Å². The highest BCUT2D eigenvalue weighted by molar-refractivity contribution is 8.01. The molecule has 1 aromatic carbocycles. The summed E-state index contributed by atoms with van der Waals surface area (Å²) in [5.74, 6) is 0. The lowest BCUT2D eigenvalue weighted by Gasteiger charge is -2.07. The van der Waals surface area contributed by atoms with Gasteiger partial charge in [-0.15, -0.1) is 0 Å². The Hall–Kier alpha value is -0.910. The number of nitrogens with one attached hydrogen (secondary N) is 1. The zero-order valence-corrected chi connectivity index (χ0v) is 12.3. The summed E-state index contributed by atoms with van der Waals surface area (Å²) in [7, 11) is 0. The lowest BCUT2D eigenvalue weighted by Crippen LogP contribution is -2.13. The molecule has 0 saturated carbocycles. The van der Waals surface area contributed by atoms with Gasteiger partial charge in [0.05, 0.1) is 0 Å². The molecule has 1 N–H and O–H groups in total. The van der Waals surface area contributed by atoms with Crippen LogP contribution in [-0.4, -0.2) is 15.9 Å². The second-order valence-electron chi connectivity index (χ2n) is 4.09. The SMILES string of the molecule is CCCNCc1ccc(Sc2ncns2)c(C)c1. The third-order valence-electron chi connectivity index (χ3n) is 2.53. The Kier molecular flexibility index (Phi) is 5.16. The van der Waals surface area contributed by atoms with Gasteiger partial charge in [0, 0.05) is 11.4 Å². The van der Waals surface area contributed by atoms with Crippen molar-refractivity contribution in [1.29, 1.82) is 0 Å². The van der Waals surface area contributed by atoms with Gasteiger partial charge in [-0.25, -0.2) is 4.98 Å². The standard InChI is InChI=1S/C13H17N3S2/c1-3-6-14-8-11-4-5-12(10(2)7-11)17-13-15-9-16-18-13/h4-5,7,9,14H,3,6,8H2,1-2H3. The molecular weight excluding hydrogens is 262 g/mol. The minimum Gasteiger partial charge on any atom is -0.313 e. The molecule has 0 radical (unpaired) electrons. The molecule has 0 fully saturated rings. The largest absolute Gasteiger partial charge is 0.313 e. The molecule has 5 heteroatoms. The van der Waals surface area contributed by atoms with Crippen molar-refractivity contribution in [2.75, 3.05) is 6.54 Å². The molecular formula is C13H17N3S2. The van der Waals surface area contributed by atoms with Crippen molar-refractivity contribution in [3.05, 3.63) is 35.7 Å². The lowest BCUT2D eigenvalue weighted by atomic mass is 10.1. The van der Waals surface area contributed by atoms with Crippen molar-refractivity contribution in [2.24, 2.45) is 0 Å². The van der Waals surface area contributed by atoms with Gasteiger partial charge in [-0.2, -0.15) is 4.37 Å². The lowest BCUT2D eigenvalue weighted by molar-refractivity contribution is 0.675. The molecule has 2 aromatic rings. The van der Waals surface area contributed by atoms with Crippen molar-refractivity contribution >= 4 is 23.3 Å². The molecule has 3 nitrogen and oxygen atoms in total. The van der Waals surface area contributed by atoms with E-state index in [1.165, 1.54) is 34.0 Å². The predicted molar refractivity (Wildman–Crippen MR) is 77.2 cm³/mol. The van der Waals surface area contributed by atoms with E-state index in [9.17, 15) is 0 Å². The van der Waals surface area contributed by atoms with Crippen LogP contribution in [0.25, 0.3) is 0 Å². The summed E-state index contributed by atoms with van der Waals surface area (Å²) in [6, 6.07) is 6.59. The summed E-state index contributed by atoms with van der Waals surface area (Å²) in [5.41, 5.74) is 2.63. The van der Waals surface area contributed by atoms with E-state index in [0.29, 0.717) is 0 Å². The molecule has 0 aliphatic heterocycles. The number of benzene rings is 1. The van der Waals surface area contributed by atoms with Gasteiger partial charge < -0.3 is 5.32 Å². The first kappa shape index (κ1) is 13.5. The van der Waals surface area contributed by atoms with Crippen molar-refractivity contribution in [3.63, 3.8) is 0 Å². The number of rotatable bonds is 6. The van der Waals surface area contributed by atoms with Gasteiger partial charge in [0.1, 0.15) is 6.33 Å². The Morgan fingerprint density at radius 1 is 1.39 bits per heavy atom. The first-order valence-electron chi connectivity index (χ1n) is 6.04. The average Bonchev–Trinajstić information content (AvgIpc) is 2.86. The molecule has 1 aromatic heterocycles. The van der Waals surface area contributed by atoms with E-state index >= 15 is 0 Å². The van der Waals surface area contributed by atoms with Crippen molar-refractivity contribution in [1.82, 2.24) is 14.7 Å². The molecule has 0 amide bonds. The van der Waals surface area contributed by atoms with E-state index in [2.05, 4.69) is 46.7 Å². The molecule has 0 aliphatic rings. The van der Waals surface area contributed by atoms with E-state index in [1.807, 2.05) is 0 Å². The zero-order chi connectivity index (χ0) is 12.8. The van der Waals surface area contributed by atoms with Crippen LogP contribution in [0.5, 0.6) is 0 Å². The summed E-state index contributed by atoms with van der Waals surface area (Å²) in [4.78, 5) is 5.45. The molecule has 18 heavy (non-hydrogen) atoms. The fourth-order valence-corrected chi connectivity index (χ4v) is 3.12. The Morgan fingerprint density at radius 3 is 2.94 bits per heavy atom. The number of nitrogens with zero attached hydrogens (tertiary/aromatic N) is 2. The highest BCUT2D eigenvalue weighted by Crippen LogP contribution is 2.30. The molecule has 0 atom stereocenters. The van der Waals surface area contributed by atoms with Crippen LogP contribution in [0.2, 0.25) is 0 Å². The minimum atomic E-state index is 0.943. The monoisotopic (exact) mass is 279 g/mol. The second kappa shape index (κ2) is 6.87. The van der Waals surface area contributed by atoms with E-state index < -0.39 is 0 Å². The van der Waals surface area contributed by atoms with Crippen LogP contribution in [0, 0.1) is 6.92 Å². The van der Waals surface area contributed by atoms with Gasteiger partial charge in [0.15, 0.2) is 4.34 Å². The molecule has 0 aliphatic carbocycles. The zero-order valence-electron chi connectivity index (χ0n) is 10.6. The highest BCUT2D eigenvalue weighted by Gasteiger charge is 2.04. The Labute approximate surface area is 116 Å². The van der Waals surface area contributed by atoms with Crippen LogP contribution in [0.3, 0.4) is 0 Å². The Morgan fingerprint density at radius 2 is 2.28 bits per heavy atom. The van der Waals surface area contributed by atoms with Gasteiger partial charge >= 0.3 is 0 Å². The fourth-order valence-electron chi connectivity index (χ4n) is 1.65. The molecule has 0 bridgehead atoms. The smallest absolute Gasteiger partial charge is 0.174 e. The third kappa shape index (κ3) is 3.80. The summed E-state index contributed by atoms with van der Waals surface area (Å²) < 4.78 is 5.01. The maximum Gasteiger partial charge on any atom is 0.174 e. The van der Waals surface area contributed by atoms with Crippen LogP contribution in [0.15, 0.2) is 33.8 Å². The maximum atomic E-state index is 4.19. The number of hydrogen-bond acceptors (Lipinski definition) is 5. The molecule has 0 saturated heterocycles. The van der Waals surface area contributed by atoms with E-state index in [4.69, 9.17) is 0 Å². The van der Waals surface area contributed by atoms with Crippen molar-refractivity contribution < 1.29 is 0 Å². The molecule has 96 valence electrons. The maximum absolute atomic E-state index is 4.19. The van der Waals surface area contributed by atoms with Gasteiger partial charge in [0.25, 0.3) is 0 Å². The Bertz CT molecular complexity index is 483. The first-order chi connectivity index (χ1) is 8.79. The van der Waals surface area contributed by atoms with Gasteiger partial charge in [0.2, 0.25) is 0 Å². The summed E-state index contributed by atoms with van der Waals surface area (Å²) in [6.07, 6.45) is 2.77. The van der Waals surface area contributed by atoms with Crippen LogP contribution in [0.4, 0.5) is 0 Å². The molecule has 0 spiro atoms. The second-order valence-corrected chi connectivity index (χ2v) is 6.16. The summed E-state index contributed by atoms with van der Waals surface area (Å²) >= 11 is 3.12. The fraction of sp³-hybridized carbons (Fsp3) is 0.385. The number of hydrogen-bond donors (Lipinski definition) is 1. The minimum absolute atomic E-state index is 0.943. The normalized spacial score (nSPS) is 10.8. The molecule has 2 rings (SSSR count). The van der Waals surface area contributed by atoms with Crippen molar-refractivity contribution in [3.8, 4) is 0 Å². The summed E-state index contributed by atoms with van der Waals surface area (Å²) in [5, 5.41) is 3.42. The predicted octanol–water partition coefficient (Wildman–Crippen LogP) is 3.50. The molecule has 0 unspecified atom stereocenters. The van der Waals surface area contributed by atoms with Gasteiger partial charge in [-0.3, -0.25) is 0 Å². The van der Waals surface area contributed by atoms with Gasteiger partial charge in [-0.05, 0) is 48.6 Å². The highest BCUT2D eigenvalue weighted by atomic mass is 32.2. The first-order valence-corrected chi connectivity index (χ1v) is 7.63.